The van der Waals surface area contributed by atoms with Gasteiger partial charge in [-0.1, -0.05) is 26.0 Å². The van der Waals surface area contributed by atoms with E-state index >= 15 is 0 Å². The van der Waals surface area contributed by atoms with Crippen LogP contribution in [0.1, 0.15) is 35.8 Å². The normalized spacial score (nSPS) is 12.9. The number of carbonyl (C=O) groups excluding carboxylic acids is 1. The maximum atomic E-state index is 12.4. The molecule has 0 aliphatic rings. The highest BCUT2D eigenvalue weighted by Crippen LogP contribution is 2.25. The number of nitrogens with one attached hydrogen (secondary N) is 1. The Morgan fingerprint density at radius 1 is 1.25 bits per heavy atom. The Morgan fingerprint density at radius 3 is 2.33 bits per heavy atom. The standard InChI is InChI=1S/C16H20N2O4S2/c1-10(2)15(11-4-6-13(22-3)7-5-11)18-16(19)12-8-14(23-9-12)24(17,20)21/h4-10,15H,1-3H3,(H,18,19)(H2,17,20,21). The number of hydrogen-bond donors (Lipinski definition) is 2. The van der Waals surface area contributed by atoms with Crippen LogP contribution in [0.3, 0.4) is 0 Å². The molecular formula is C16H20N2O4S2. The SMILES string of the molecule is COc1ccc(C(NC(=O)c2csc(S(N)(=O)=O)c2)C(C)C)cc1. The highest BCUT2D eigenvalue weighted by Gasteiger charge is 2.21. The summed E-state index contributed by atoms with van der Waals surface area (Å²) in [6, 6.07) is 8.55. The predicted molar refractivity (Wildman–Crippen MR) is 93.7 cm³/mol. The predicted octanol–water partition coefficient (Wildman–Crippen LogP) is 2.53. The van der Waals surface area contributed by atoms with E-state index in [1.54, 1.807) is 7.11 Å². The van der Waals surface area contributed by atoms with Gasteiger partial charge >= 0.3 is 0 Å². The van der Waals surface area contributed by atoms with Crippen molar-refractivity contribution < 1.29 is 17.9 Å². The molecule has 24 heavy (non-hydrogen) atoms. The minimum Gasteiger partial charge on any atom is -0.497 e. The highest BCUT2D eigenvalue weighted by molar-refractivity contribution is 7.91. The molecule has 0 fully saturated rings. The first kappa shape index (κ1) is 18.4. The van der Waals surface area contributed by atoms with E-state index in [4.69, 9.17) is 9.88 Å². The Balaban J connectivity index is 2.20. The van der Waals surface area contributed by atoms with Crippen LogP contribution in [-0.2, 0) is 10.0 Å². The van der Waals surface area contributed by atoms with Gasteiger partial charge in [0.2, 0.25) is 10.0 Å². The third-order valence-corrected chi connectivity index (χ3v) is 5.93. The number of rotatable bonds is 6. The fourth-order valence-corrected chi connectivity index (χ4v) is 3.84. The van der Waals surface area contributed by atoms with Crippen LogP contribution in [0.5, 0.6) is 5.75 Å². The first-order chi connectivity index (χ1) is 11.2. The van der Waals surface area contributed by atoms with Crippen LogP contribution in [0.25, 0.3) is 0 Å². The topological polar surface area (TPSA) is 98.5 Å². The van der Waals surface area contributed by atoms with Crippen molar-refractivity contribution in [2.24, 2.45) is 11.1 Å². The summed E-state index contributed by atoms with van der Waals surface area (Å²) >= 11 is 0.931. The van der Waals surface area contributed by atoms with Crippen molar-refractivity contribution in [1.29, 1.82) is 0 Å². The summed E-state index contributed by atoms with van der Waals surface area (Å²) in [7, 11) is -2.20. The number of nitrogens with two attached hydrogens (primary N) is 1. The van der Waals surface area contributed by atoms with E-state index < -0.39 is 10.0 Å². The fraction of sp³-hybridized carbons (Fsp3) is 0.312. The zero-order valence-electron chi connectivity index (χ0n) is 13.6. The van der Waals surface area contributed by atoms with Gasteiger partial charge in [0.15, 0.2) is 0 Å². The van der Waals surface area contributed by atoms with E-state index in [1.807, 2.05) is 38.1 Å². The van der Waals surface area contributed by atoms with Gasteiger partial charge in [0, 0.05) is 5.38 Å². The van der Waals surface area contributed by atoms with Crippen LogP contribution in [0.4, 0.5) is 0 Å². The molecule has 3 N–H and O–H groups in total. The minimum absolute atomic E-state index is 0.0294. The molecule has 1 atom stereocenters. The summed E-state index contributed by atoms with van der Waals surface area (Å²) in [4.78, 5) is 12.4. The van der Waals surface area contributed by atoms with Gasteiger partial charge in [-0.3, -0.25) is 4.79 Å². The van der Waals surface area contributed by atoms with Gasteiger partial charge in [0.05, 0.1) is 18.7 Å². The highest BCUT2D eigenvalue weighted by atomic mass is 32.2. The molecule has 0 spiro atoms. The van der Waals surface area contributed by atoms with Crippen molar-refractivity contribution in [2.45, 2.75) is 24.1 Å². The van der Waals surface area contributed by atoms with E-state index in [9.17, 15) is 13.2 Å². The molecule has 0 bridgehead atoms. The second-order valence-electron chi connectivity index (χ2n) is 5.67. The van der Waals surface area contributed by atoms with E-state index in [-0.39, 0.29) is 27.6 Å². The van der Waals surface area contributed by atoms with Gasteiger partial charge < -0.3 is 10.1 Å². The Kier molecular flexibility index (Phi) is 5.63. The summed E-state index contributed by atoms with van der Waals surface area (Å²) in [5, 5.41) is 9.51. The second-order valence-corrected chi connectivity index (χ2v) is 8.37. The van der Waals surface area contributed by atoms with Gasteiger partial charge in [-0.15, -0.1) is 11.3 Å². The third kappa shape index (κ3) is 4.34. The minimum atomic E-state index is -3.80. The molecule has 1 amide bonds. The summed E-state index contributed by atoms with van der Waals surface area (Å²) in [5.74, 6) is 0.553. The quantitative estimate of drug-likeness (QED) is 0.818. The van der Waals surface area contributed by atoms with Crippen LogP contribution in [-0.4, -0.2) is 21.4 Å². The van der Waals surface area contributed by atoms with Crippen LogP contribution in [0, 0.1) is 5.92 Å². The number of ether oxygens (including phenoxy) is 1. The Labute approximate surface area is 145 Å². The molecule has 0 aliphatic carbocycles. The van der Waals surface area contributed by atoms with Crippen molar-refractivity contribution in [3.8, 4) is 5.75 Å². The summed E-state index contributed by atoms with van der Waals surface area (Å²) in [6.45, 7) is 4.00. The van der Waals surface area contributed by atoms with Crippen LogP contribution in [0.2, 0.25) is 0 Å². The largest absolute Gasteiger partial charge is 0.497 e. The number of hydrogen-bond acceptors (Lipinski definition) is 5. The number of thiophene rings is 1. The Hall–Kier alpha value is -1.90. The zero-order valence-corrected chi connectivity index (χ0v) is 15.3. The van der Waals surface area contributed by atoms with Gasteiger partial charge in [0.25, 0.3) is 5.91 Å². The van der Waals surface area contributed by atoms with E-state index in [0.29, 0.717) is 0 Å². The average molecular weight is 368 g/mol. The lowest BCUT2D eigenvalue weighted by molar-refractivity contribution is 0.0926. The first-order valence-corrected chi connectivity index (χ1v) is 9.71. The molecule has 2 aromatic rings. The molecule has 0 aliphatic heterocycles. The van der Waals surface area contributed by atoms with Crippen LogP contribution < -0.4 is 15.2 Å². The first-order valence-electron chi connectivity index (χ1n) is 7.28. The smallest absolute Gasteiger partial charge is 0.252 e. The lowest BCUT2D eigenvalue weighted by atomic mass is 9.95. The van der Waals surface area contributed by atoms with E-state index in [1.165, 1.54) is 11.4 Å². The van der Waals surface area contributed by atoms with Crippen molar-refractivity contribution in [3.05, 3.63) is 46.8 Å². The second kappa shape index (κ2) is 7.33. The molecule has 2 rings (SSSR count). The maximum absolute atomic E-state index is 12.4. The zero-order chi connectivity index (χ0) is 17.9. The Bertz CT molecular complexity index is 811. The summed E-state index contributed by atoms with van der Waals surface area (Å²) in [5.41, 5.74) is 1.23. The molecule has 6 nitrogen and oxygen atoms in total. The van der Waals surface area contributed by atoms with Gasteiger partial charge in [-0.05, 0) is 29.7 Å². The van der Waals surface area contributed by atoms with Crippen LogP contribution in [0.15, 0.2) is 39.9 Å². The number of benzene rings is 1. The molecule has 0 radical (unpaired) electrons. The number of carbonyl (C=O) groups is 1. The molecule has 0 saturated heterocycles. The molecular weight excluding hydrogens is 348 g/mol. The molecule has 130 valence electrons. The third-order valence-electron chi connectivity index (χ3n) is 3.55. The number of sulfonamides is 1. The molecule has 0 saturated carbocycles. The Morgan fingerprint density at radius 2 is 1.88 bits per heavy atom. The van der Waals surface area contributed by atoms with E-state index in [0.717, 1.165) is 22.6 Å². The average Bonchev–Trinajstić information content (AvgIpc) is 3.02. The summed E-state index contributed by atoms with van der Waals surface area (Å²) in [6.07, 6.45) is 0. The van der Waals surface area contributed by atoms with Gasteiger partial charge in [0.1, 0.15) is 9.96 Å². The molecule has 1 aromatic carbocycles. The number of primary sulfonamides is 1. The van der Waals surface area contributed by atoms with Gasteiger partial charge in [-0.2, -0.15) is 0 Å². The summed E-state index contributed by atoms with van der Waals surface area (Å²) < 4.78 is 27.8. The number of amides is 1. The fourth-order valence-electron chi connectivity index (χ4n) is 2.26. The van der Waals surface area contributed by atoms with Crippen molar-refractivity contribution in [1.82, 2.24) is 5.32 Å². The lowest BCUT2D eigenvalue weighted by Gasteiger charge is -2.23. The monoisotopic (exact) mass is 368 g/mol. The maximum Gasteiger partial charge on any atom is 0.252 e. The lowest BCUT2D eigenvalue weighted by Crippen LogP contribution is -2.31. The molecule has 1 unspecified atom stereocenters. The van der Waals surface area contributed by atoms with E-state index in [2.05, 4.69) is 5.32 Å². The number of methoxy groups -OCH3 is 1. The van der Waals surface area contributed by atoms with Gasteiger partial charge in [-0.25, -0.2) is 13.6 Å². The van der Waals surface area contributed by atoms with Crippen molar-refractivity contribution >= 4 is 27.3 Å². The van der Waals surface area contributed by atoms with Crippen molar-refractivity contribution in [2.75, 3.05) is 7.11 Å². The molecule has 1 aromatic heterocycles. The molecule has 8 heteroatoms. The van der Waals surface area contributed by atoms with Crippen molar-refractivity contribution in [3.63, 3.8) is 0 Å². The molecule has 1 heterocycles. The van der Waals surface area contributed by atoms with Crippen LogP contribution >= 0.6 is 11.3 Å².